The van der Waals surface area contributed by atoms with E-state index in [1.54, 1.807) is 12.1 Å². The summed E-state index contributed by atoms with van der Waals surface area (Å²) in [5.74, 6) is 0.144. The van der Waals surface area contributed by atoms with Gasteiger partial charge in [0.05, 0.1) is 17.3 Å². The normalized spacial score (nSPS) is 13.7. The molecule has 0 fully saturated rings. The first-order valence-electron chi connectivity index (χ1n) is 6.91. The molecule has 0 saturated heterocycles. The van der Waals surface area contributed by atoms with Gasteiger partial charge in [0, 0.05) is 12.8 Å². The average Bonchev–Trinajstić information content (AvgIpc) is 2.76. The summed E-state index contributed by atoms with van der Waals surface area (Å²) in [6.07, 6.45) is 2.30. The molecule has 0 aliphatic rings. The van der Waals surface area contributed by atoms with Gasteiger partial charge in [0.15, 0.2) is 5.82 Å². The zero-order valence-electron chi connectivity index (χ0n) is 12.2. The van der Waals surface area contributed by atoms with Crippen LogP contribution in [0.3, 0.4) is 0 Å². The number of hydrogen-bond acceptors (Lipinski definition) is 4. The van der Waals surface area contributed by atoms with E-state index >= 15 is 0 Å². The fourth-order valence-corrected chi connectivity index (χ4v) is 3.02. The van der Waals surface area contributed by atoms with Gasteiger partial charge >= 0.3 is 0 Å². The maximum atomic E-state index is 13.8. The number of imidazole rings is 1. The third-order valence-corrected chi connectivity index (χ3v) is 4.31. The lowest BCUT2D eigenvalue weighted by molar-refractivity contribution is 0.562. The van der Waals surface area contributed by atoms with Gasteiger partial charge in [-0.3, -0.25) is 0 Å². The van der Waals surface area contributed by atoms with E-state index in [1.165, 1.54) is 12.3 Å². The number of aromatic nitrogens is 2. The molecule has 1 aromatic carbocycles. The van der Waals surface area contributed by atoms with Crippen LogP contribution in [-0.2, 0) is 16.4 Å². The van der Waals surface area contributed by atoms with Crippen molar-refractivity contribution in [2.45, 2.75) is 32.4 Å². The molecule has 1 atom stereocenters. The number of aryl methyl sites for hydroxylation is 1. The largest absolute Gasteiger partial charge is 0.327 e. The highest BCUT2D eigenvalue weighted by atomic mass is 32.2. The molecule has 0 radical (unpaired) electrons. The van der Waals surface area contributed by atoms with Crippen LogP contribution in [-0.4, -0.2) is 30.0 Å². The van der Waals surface area contributed by atoms with Crippen LogP contribution in [0.2, 0.25) is 0 Å². The number of nitrogens with zero attached hydrogens (tertiary/aromatic N) is 2. The van der Waals surface area contributed by atoms with Gasteiger partial charge in [-0.1, -0.05) is 13.0 Å². The lowest BCUT2D eigenvalue weighted by Gasteiger charge is -2.13. The van der Waals surface area contributed by atoms with E-state index in [4.69, 9.17) is 5.73 Å². The summed E-state index contributed by atoms with van der Waals surface area (Å²) >= 11 is 0. The Kier molecular flexibility index (Phi) is 4.63. The standard InChI is InChI=1S/C14H20FN3O2S/c1-3-8-18-12-6-4-5-10(15)13(12)17-14(18)11(16)7-9-21(2,19)20/h4-6,11H,3,7-9,16H2,1-2H3. The molecule has 116 valence electrons. The van der Waals surface area contributed by atoms with Crippen LogP contribution in [0.5, 0.6) is 0 Å². The molecule has 2 rings (SSSR count). The van der Waals surface area contributed by atoms with Crippen molar-refractivity contribution in [1.29, 1.82) is 0 Å². The predicted molar refractivity (Wildman–Crippen MR) is 81.2 cm³/mol. The molecular weight excluding hydrogens is 293 g/mol. The van der Waals surface area contributed by atoms with Crippen molar-refractivity contribution in [1.82, 2.24) is 9.55 Å². The van der Waals surface area contributed by atoms with E-state index < -0.39 is 15.9 Å². The Hall–Kier alpha value is -1.47. The summed E-state index contributed by atoms with van der Waals surface area (Å²) in [6, 6.07) is 4.26. The second kappa shape index (κ2) is 6.11. The lowest BCUT2D eigenvalue weighted by atomic mass is 10.2. The quantitative estimate of drug-likeness (QED) is 0.885. The molecule has 2 N–H and O–H groups in total. The van der Waals surface area contributed by atoms with E-state index in [-0.39, 0.29) is 23.5 Å². The SMILES string of the molecule is CCCn1c(C(N)CCS(C)(=O)=O)nc2c(F)cccc21. The molecule has 2 aromatic rings. The summed E-state index contributed by atoms with van der Waals surface area (Å²) in [5.41, 5.74) is 7.06. The van der Waals surface area contributed by atoms with Crippen molar-refractivity contribution < 1.29 is 12.8 Å². The Bertz CT molecular complexity index is 740. The van der Waals surface area contributed by atoms with E-state index in [9.17, 15) is 12.8 Å². The molecular formula is C14H20FN3O2S. The number of rotatable bonds is 6. The number of fused-ring (bicyclic) bond motifs is 1. The first-order chi connectivity index (χ1) is 9.83. The second-order valence-electron chi connectivity index (χ2n) is 5.25. The summed E-state index contributed by atoms with van der Waals surface area (Å²) in [7, 11) is -3.08. The van der Waals surface area contributed by atoms with Gasteiger partial charge in [0.25, 0.3) is 0 Å². The Morgan fingerprint density at radius 2 is 2.14 bits per heavy atom. The number of halogens is 1. The first kappa shape index (κ1) is 15.9. The molecule has 0 saturated carbocycles. The van der Waals surface area contributed by atoms with Crippen molar-refractivity contribution in [3.8, 4) is 0 Å². The molecule has 0 spiro atoms. The Labute approximate surface area is 123 Å². The van der Waals surface area contributed by atoms with Crippen LogP contribution in [0.1, 0.15) is 31.6 Å². The first-order valence-corrected chi connectivity index (χ1v) is 8.97. The van der Waals surface area contributed by atoms with Gasteiger partial charge in [-0.05, 0) is 25.0 Å². The van der Waals surface area contributed by atoms with Crippen LogP contribution in [0, 0.1) is 5.82 Å². The van der Waals surface area contributed by atoms with Crippen LogP contribution in [0.4, 0.5) is 4.39 Å². The minimum Gasteiger partial charge on any atom is -0.327 e. The molecule has 0 aliphatic heterocycles. The van der Waals surface area contributed by atoms with Crippen molar-refractivity contribution in [2.24, 2.45) is 5.73 Å². The molecule has 0 amide bonds. The molecule has 21 heavy (non-hydrogen) atoms. The zero-order chi connectivity index (χ0) is 15.6. The van der Waals surface area contributed by atoms with E-state index in [2.05, 4.69) is 4.98 Å². The zero-order valence-corrected chi connectivity index (χ0v) is 13.0. The van der Waals surface area contributed by atoms with Crippen LogP contribution >= 0.6 is 0 Å². The van der Waals surface area contributed by atoms with Crippen molar-refractivity contribution in [3.05, 3.63) is 29.8 Å². The number of hydrogen-bond donors (Lipinski definition) is 1. The number of para-hydroxylation sites is 1. The van der Waals surface area contributed by atoms with Gasteiger partial charge in [-0.25, -0.2) is 17.8 Å². The molecule has 0 aliphatic carbocycles. The highest BCUT2D eigenvalue weighted by Gasteiger charge is 2.19. The van der Waals surface area contributed by atoms with Gasteiger partial charge in [0.2, 0.25) is 0 Å². The van der Waals surface area contributed by atoms with Crippen molar-refractivity contribution in [3.63, 3.8) is 0 Å². The summed E-state index contributed by atoms with van der Waals surface area (Å²) in [6.45, 7) is 2.68. The van der Waals surface area contributed by atoms with Crippen LogP contribution < -0.4 is 5.73 Å². The second-order valence-corrected chi connectivity index (χ2v) is 7.51. The summed E-state index contributed by atoms with van der Waals surface area (Å²) in [4.78, 5) is 4.30. The minimum atomic E-state index is -3.08. The highest BCUT2D eigenvalue weighted by Crippen LogP contribution is 2.24. The molecule has 1 aromatic heterocycles. The van der Waals surface area contributed by atoms with Gasteiger partial charge in [-0.15, -0.1) is 0 Å². The fraction of sp³-hybridized carbons (Fsp3) is 0.500. The molecule has 7 heteroatoms. The van der Waals surface area contributed by atoms with Gasteiger partial charge in [0.1, 0.15) is 21.2 Å². The Morgan fingerprint density at radius 3 is 2.76 bits per heavy atom. The lowest BCUT2D eigenvalue weighted by Crippen LogP contribution is -2.20. The predicted octanol–water partition coefficient (Wildman–Crippen LogP) is 2.02. The highest BCUT2D eigenvalue weighted by molar-refractivity contribution is 7.90. The summed E-state index contributed by atoms with van der Waals surface area (Å²) < 4.78 is 38.2. The maximum Gasteiger partial charge on any atom is 0.151 e. The number of sulfone groups is 1. The van der Waals surface area contributed by atoms with Gasteiger partial charge in [-0.2, -0.15) is 0 Å². The van der Waals surface area contributed by atoms with Crippen molar-refractivity contribution >= 4 is 20.9 Å². The number of nitrogens with two attached hydrogens (primary N) is 1. The van der Waals surface area contributed by atoms with E-state index in [1.807, 2.05) is 11.5 Å². The average molecular weight is 313 g/mol. The molecule has 5 nitrogen and oxygen atoms in total. The van der Waals surface area contributed by atoms with Crippen LogP contribution in [0.15, 0.2) is 18.2 Å². The fourth-order valence-electron chi connectivity index (χ4n) is 2.34. The smallest absolute Gasteiger partial charge is 0.151 e. The summed E-state index contributed by atoms with van der Waals surface area (Å²) in [5, 5.41) is 0. The van der Waals surface area contributed by atoms with E-state index in [0.717, 1.165) is 6.42 Å². The Morgan fingerprint density at radius 1 is 1.43 bits per heavy atom. The van der Waals surface area contributed by atoms with Crippen LogP contribution in [0.25, 0.3) is 11.0 Å². The topological polar surface area (TPSA) is 78.0 Å². The number of benzene rings is 1. The third kappa shape index (κ3) is 3.59. The van der Waals surface area contributed by atoms with Crippen molar-refractivity contribution in [2.75, 3.05) is 12.0 Å². The molecule has 1 unspecified atom stereocenters. The maximum absolute atomic E-state index is 13.8. The molecule has 0 bridgehead atoms. The monoisotopic (exact) mass is 313 g/mol. The molecule has 1 heterocycles. The third-order valence-electron chi connectivity index (χ3n) is 3.34. The Balaban J connectivity index is 2.42. The minimum absolute atomic E-state index is 0.00796. The van der Waals surface area contributed by atoms with Gasteiger partial charge < -0.3 is 10.3 Å². The van der Waals surface area contributed by atoms with E-state index in [0.29, 0.717) is 17.9 Å².